The highest BCUT2D eigenvalue weighted by Gasteiger charge is 2.23. The lowest BCUT2D eigenvalue weighted by molar-refractivity contribution is -0.384. The third-order valence-corrected chi connectivity index (χ3v) is 4.48. The van der Waals surface area contributed by atoms with Crippen LogP contribution in [0.4, 0.5) is 5.69 Å². The standard InChI is InChI=1S/C19H19ClN2O5/c1-12(13-5-3-2-4-6-13)9-18(23)21-17(11-19(24)25)15-10-14(22(26)27)7-8-16(15)20/h2-8,10,12,17H,9,11H2,1H3,(H,21,23)(H,24,25). The number of carbonyl (C=O) groups is 2. The van der Waals surface area contributed by atoms with E-state index in [1.807, 2.05) is 37.3 Å². The number of carboxylic acid groups (broad SMARTS) is 1. The first-order chi connectivity index (χ1) is 12.8. The van der Waals surface area contributed by atoms with E-state index in [0.29, 0.717) is 0 Å². The average Bonchev–Trinajstić information content (AvgIpc) is 2.61. The van der Waals surface area contributed by atoms with Crippen molar-refractivity contribution in [3.05, 3.63) is 74.8 Å². The van der Waals surface area contributed by atoms with Gasteiger partial charge in [-0.05, 0) is 17.5 Å². The quantitative estimate of drug-likeness (QED) is 0.521. The van der Waals surface area contributed by atoms with Crippen molar-refractivity contribution in [3.63, 3.8) is 0 Å². The second kappa shape index (κ2) is 9.14. The van der Waals surface area contributed by atoms with Crippen molar-refractivity contribution in [1.29, 1.82) is 0 Å². The molecule has 0 spiro atoms. The second-order valence-electron chi connectivity index (χ2n) is 6.20. The summed E-state index contributed by atoms with van der Waals surface area (Å²) in [6, 6.07) is 12.2. The molecule has 7 nitrogen and oxygen atoms in total. The van der Waals surface area contributed by atoms with Gasteiger partial charge in [-0.25, -0.2) is 0 Å². The molecule has 0 aliphatic rings. The summed E-state index contributed by atoms with van der Waals surface area (Å²) >= 11 is 6.10. The van der Waals surface area contributed by atoms with Crippen LogP contribution in [0.3, 0.4) is 0 Å². The minimum absolute atomic E-state index is 0.0720. The van der Waals surface area contributed by atoms with Crippen LogP contribution in [0, 0.1) is 10.1 Å². The number of hydrogen-bond acceptors (Lipinski definition) is 4. The minimum atomic E-state index is -1.15. The van der Waals surface area contributed by atoms with Gasteiger partial charge < -0.3 is 10.4 Å². The molecule has 0 bridgehead atoms. The van der Waals surface area contributed by atoms with Gasteiger partial charge in [0.05, 0.1) is 17.4 Å². The van der Waals surface area contributed by atoms with E-state index in [4.69, 9.17) is 16.7 Å². The van der Waals surface area contributed by atoms with Crippen LogP contribution in [0.5, 0.6) is 0 Å². The lowest BCUT2D eigenvalue weighted by Gasteiger charge is -2.20. The number of rotatable bonds is 8. The zero-order chi connectivity index (χ0) is 20.0. The Balaban J connectivity index is 2.19. The molecule has 142 valence electrons. The third kappa shape index (κ3) is 5.79. The summed E-state index contributed by atoms with van der Waals surface area (Å²) in [6.45, 7) is 1.89. The van der Waals surface area contributed by atoms with Crippen LogP contribution in [0.2, 0.25) is 5.02 Å². The first-order valence-electron chi connectivity index (χ1n) is 8.28. The highest BCUT2D eigenvalue weighted by molar-refractivity contribution is 6.31. The Morgan fingerprint density at radius 2 is 1.85 bits per heavy atom. The molecule has 0 radical (unpaired) electrons. The summed E-state index contributed by atoms with van der Waals surface area (Å²) < 4.78 is 0. The summed E-state index contributed by atoms with van der Waals surface area (Å²) in [5, 5.41) is 23.0. The number of halogens is 1. The summed E-state index contributed by atoms with van der Waals surface area (Å²) in [5.74, 6) is -1.59. The molecule has 2 unspecified atom stereocenters. The van der Waals surface area contributed by atoms with Crippen LogP contribution in [0.25, 0.3) is 0 Å². The van der Waals surface area contributed by atoms with Crippen molar-refractivity contribution in [2.45, 2.75) is 31.7 Å². The van der Waals surface area contributed by atoms with Crippen molar-refractivity contribution in [1.82, 2.24) is 5.32 Å². The Bertz CT molecular complexity index is 841. The van der Waals surface area contributed by atoms with Crippen molar-refractivity contribution >= 4 is 29.2 Å². The second-order valence-corrected chi connectivity index (χ2v) is 6.60. The number of nitro benzene ring substituents is 1. The number of nitrogens with one attached hydrogen (secondary N) is 1. The molecule has 27 heavy (non-hydrogen) atoms. The molecule has 0 aliphatic heterocycles. The van der Waals surface area contributed by atoms with Crippen LogP contribution < -0.4 is 5.32 Å². The Labute approximate surface area is 161 Å². The first-order valence-corrected chi connectivity index (χ1v) is 8.65. The van der Waals surface area contributed by atoms with Crippen LogP contribution in [-0.4, -0.2) is 21.9 Å². The van der Waals surface area contributed by atoms with Gasteiger partial charge in [0.1, 0.15) is 0 Å². The fraction of sp³-hybridized carbons (Fsp3) is 0.263. The number of carboxylic acids is 1. The summed E-state index contributed by atoms with van der Waals surface area (Å²) in [6.07, 6.45) is -0.293. The van der Waals surface area contributed by atoms with Crippen LogP contribution >= 0.6 is 11.6 Å². The normalized spacial score (nSPS) is 12.8. The topological polar surface area (TPSA) is 110 Å². The number of amides is 1. The van der Waals surface area contributed by atoms with Crippen LogP contribution in [-0.2, 0) is 9.59 Å². The van der Waals surface area contributed by atoms with Gasteiger partial charge in [-0.2, -0.15) is 0 Å². The van der Waals surface area contributed by atoms with E-state index < -0.39 is 23.4 Å². The van der Waals surface area contributed by atoms with Gasteiger partial charge in [0.15, 0.2) is 0 Å². The molecule has 0 fully saturated rings. The maximum absolute atomic E-state index is 12.4. The van der Waals surface area contributed by atoms with E-state index >= 15 is 0 Å². The predicted octanol–water partition coefficient (Wildman–Crippen LogP) is 4.07. The fourth-order valence-corrected chi connectivity index (χ4v) is 3.01. The van der Waals surface area contributed by atoms with Crippen molar-refractivity contribution in [3.8, 4) is 0 Å². The smallest absolute Gasteiger partial charge is 0.305 e. The van der Waals surface area contributed by atoms with Crippen molar-refractivity contribution in [2.75, 3.05) is 0 Å². The van der Waals surface area contributed by atoms with E-state index in [9.17, 15) is 19.7 Å². The van der Waals surface area contributed by atoms with Gasteiger partial charge in [-0.1, -0.05) is 48.9 Å². The largest absolute Gasteiger partial charge is 0.481 e. The summed E-state index contributed by atoms with van der Waals surface area (Å²) in [5.41, 5.74) is 0.960. The Kier molecular flexibility index (Phi) is 6.90. The Morgan fingerprint density at radius 3 is 2.44 bits per heavy atom. The zero-order valence-corrected chi connectivity index (χ0v) is 15.3. The number of carbonyl (C=O) groups excluding carboxylic acids is 1. The van der Waals surface area contributed by atoms with Crippen LogP contribution in [0.1, 0.15) is 42.9 Å². The summed E-state index contributed by atoms with van der Waals surface area (Å²) in [7, 11) is 0. The first kappa shape index (κ1) is 20.4. The van der Waals surface area contributed by atoms with E-state index in [1.165, 1.54) is 18.2 Å². The lowest BCUT2D eigenvalue weighted by Crippen LogP contribution is -2.31. The molecule has 1 amide bonds. The number of benzene rings is 2. The molecule has 0 saturated heterocycles. The lowest BCUT2D eigenvalue weighted by atomic mass is 9.96. The maximum Gasteiger partial charge on any atom is 0.305 e. The van der Waals surface area contributed by atoms with E-state index in [0.717, 1.165) is 5.56 Å². The molecule has 0 saturated carbocycles. The molecular formula is C19H19ClN2O5. The number of nitrogens with zero attached hydrogens (tertiary/aromatic N) is 1. The molecule has 2 rings (SSSR count). The van der Waals surface area contributed by atoms with Gasteiger partial charge in [0.25, 0.3) is 5.69 Å². The van der Waals surface area contributed by atoms with Gasteiger partial charge in [0, 0.05) is 29.1 Å². The van der Waals surface area contributed by atoms with E-state index in [1.54, 1.807) is 0 Å². The van der Waals surface area contributed by atoms with Gasteiger partial charge in [-0.15, -0.1) is 0 Å². The van der Waals surface area contributed by atoms with Gasteiger partial charge in [-0.3, -0.25) is 19.7 Å². The molecule has 0 aromatic heterocycles. The molecule has 2 N–H and O–H groups in total. The Hall–Kier alpha value is -2.93. The number of nitro groups is 1. The summed E-state index contributed by atoms with van der Waals surface area (Å²) in [4.78, 5) is 34.0. The average molecular weight is 391 g/mol. The molecule has 8 heteroatoms. The molecular weight excluding hydrogens is 372 g/mol. The van der Waals surface area contributed by atoms with E-state index in [2.05, 4.69) is 5.32 Å². The Morgan fingerprint density at radius 1 is 1.19 bits per heavy atom. The van der Waals surface area contributed by atoms with Gasteiger partial charge in [0.2, 0.25) is 5.91 Å². The van der Waals surface area contributed by atoms with Crippen LogP contribution in [0.15, 0.2) is 48.5 Å². The van der Waals surface area contributed by atoms with Gasteiger partial charge >= 0.3 is 5.97 Å². The monoisotopic (exact) mass is 390 g/mol. The SMILES string of the molecule is CC(CC(=O)NC(CC(=O)O)c1cc([N+](=O)[O-])ccc1Cl)c1ccccc1. The fourth-order valence-electron chi connectivity index (χ4n) is 2.76. The maximum atomic E-state index is 12.4. The molecule has 2 atom stereocenters. The molecule has 0 heterocycles. The number of non-ortho nitro benzene ring substituents is 1. The molecule has 2 aromatic rings. The van der Waals surface area contributed by atoms with Crippen molar-refractivity contribution < 1.29 is 19.6 Å². The predicted molar refractivity (Wildman–Crippen MR) is 101 cm³/mol. The number of aliphatic carboxylic acids is 1. The third-order valence-electron chi connectivity index (χ3n) is 4.14. The van der Waals surface area contributed by atoms with E-state index in [-0.39, 0.29) is 34.5 Å². The molecule has 2 aromatic carbocycles. The highest BCUT2D eigenvalue weighted by atomic mass is 35.5. The zero-order valence-electron chi connectivity index (χ0n) is 14.6. The number of hydrogen-bond donors (Lipinski definition) is 2. The van der Waals surface area contributed by atoms with Crippen molar-refractivity contribution in [2.24, 2.45) is 0 Å². The molecule has 0 aliphatic carbocycles. The minimum Gasteiger partial charge on any atom is -0.481 e. The highest BCUT2D eigenvalue weighted by Crippen LogP contribution is 2.30.